The van der Waals surface area contributed by atoms with Crippen molar-refractivity contribution in [3.05, 3.63) is 51.8 Å². The third-order valence-corrected chi connectivity index (χ3v) is 5.62. The van der Waals surface area contributed by atoms with E-state index in [0.29, 0.717) is 0 Å². The molecule has 3 aliphatic rings. The number of rotatable bonds is 5. The quantitative estimate of drug-likeness (QED) is 0.273. The van der Waals surface area contributed by atoms with Crippen molar-refractivity contribution in [3.8, 4) is 0 Å². The standard InChI is InChI=1S/C12H16.C9H18.2CH3.2ClH.Zr/c1-2-5-10-8-9-11-6-3-4-7-12(10)11;1-2-3-6-9-7-4-5-8-9;;;;;/h2-4,6-7,10-12H,1,5,8-9H2;9H,2-8H2,1H3;2*1H3;2*1H;/q;;2*-1;;;+4/p-2. The Morgan fingerprint density at radius 3 is 2.23 bits per heavy atom. The van der Waals surface area contributed by atoms with Crippen molar-refractivity contribution in [2.45, 2.75) is 71.1 Å². The summed E-state index contributed by atoms with van der Waals surface area (Å²) < 4.78 is 0. The van der Waals surface area contributed by atoms with Crippen LogP contribution in [0.5, 0.6) is 0 Å². The molecule has 0 spiro atoms. The zero-order chi connectivity index (χ0) is 17.6. The zero-order valence-electron chi connectivity index (χ0n) is 17.2. The summed E-state index contributed by atoms with van der Waals surface area (Å²) in [6, 6.07) is 0. The Balaban J connectivity index is 0. The van der Waals surface area contributed by atoms with Gasteiger partial charge in [0.05, 0.1) is 0 Å². The number of hydrogen-bond acceptors (Lipinski definition) is 0. The Labute approximate surface area is 183 Å². The van der Waals surface area contributed by atoms with Gasteiger partial charge in [-0.15, -0.1) is 6.58 Å². The van der Waals surface area contributed by atoms with Crippen LogP contribution in [0.4, 0.5) is 0 Å². The van der Waals surface area contributed by atoms with E-state index in [2.05, 4.69) is 43.9 Å². The summed E-state index contributed by atoms with van der Waals surface area (Å²) in [5.41, 5.74) is 0. The molecule has 3 unspecified atom stereocenters. The minimum absolute atomic E-state index is 0. The normalized spacial score (nSPS) is 25.3. The van der Waals surface area contributed by atoms with Gasteiger partial charge in [-0.3, -0.25) is 0 Å². The first kappa shape index (κ1) is 28.9. The fraction of sp³-hybridized carbons (Fsp3) is 0.652. The predicted octanol–water partition coefficient (Wildman–Crippen LogP) is 8.97. The molecule has 3 aliphatic carbocycles. The molecular formula is C23H40Cl2Zr. The first-order valence-electron chi connectivity index (χ1n) is 9.68. The molecule has 0 nitrogen and oxygen atoms in total. The average molecular weight is 479 g/mol. The predicted molar refractivity (Wildman–Crippen MR) is 119 cm³/mol. The fourth-order valence-corrected chi connectivity index (χ4v) is 4.35. The van der Waals surface area contributed by atoms with Gasteiger partial charge in [-0.05, 0) is 42.9 Å². The van der Waals surface area contributed by atoms with E-state index in [0.717, 1.165) is 23.7 Å². The number of fused-ring (bicyclic) bond motifs is 1. The minimum atomic E-state index is -0.826. The van der Waals surface area contributed by atoms with E-state index in [1.807, 2.05) is 0 Å². The second kappa shape index (κ2) is 19.0. The summed E-state index contributed by atoms with van der Waals surface area (Å²) in [6.07, 6.45) is 25.6. The first-order chi connectivity index (χ1) is 11.8. The van der Waals surface area contributed by atoms with Crippen molar-refractivity contribution >= 4 is 17.0 Å². The summed E-state index contributed by atoms with van der Waals surface area (Å²) in [6.45, 7) is 6.11. The molecule has 0 aromatic heterocycles. The van der Waals surface area contributed by atoms with Crippen LogP contribution in [0.25, 0.3) is 0 Å². The van der Waals surface area contributed by atoms with Crippen molar-refractivity contribution < 1.29 is 20.8 Å². The third-order valence-electron chi connectivity index (χ3n) is 5.62. The van der Waals surface area contributed by atoms with Crippen molar-refractivity contribution in [2.24, 2.45) is 23.7 Å². The molecule has 3 atom stereocenters. The molecule has 0 heterocycles. The van der Waals surface area contributed by atoms with Gasteiger partial charge in [0.1, 0.15) is 0 Å². The molecule has 0 saturated heterocycles. The summed E-state index contributed by atoms with van der Waals surface area (Å²) in [5, 5.41) is 0. The number of unbranched alkanes of at least 4 members (excludes halogenated alkanes) is 1. The van der Waals surface area contributed by atoms with Gasteiger partial charge in [0.15, 0.2) is 0 Å². The molecule has 0 amide bonds. The Morgan fingerprint density at radius 1 is 1.04 bits per heavy atom. The van der Waals surface area contributed by atoms with Crippen LogP contribution in [0.15, 0.2) is 37.0 Å². The Hall–Kier alpha value is 0.683. The van der Waals surface area contributed by atoms with E-state index < -0.39 is 20.8 Å². The van der Waals surface area contributed by atoms with Gasteiger partial charge in [0, 0.05) is 0 Å². The second-order valence-electron chi connectivity index (χ2n) is 7.24. The molecule has 0 radical (unpaired) electrons. The van der Waals surface area contributed by atoms with E-state index >= 15 is 0 Å². The maximum absolute atomic E-state index is 4.93. The van der Waals surface area contributed by atoms with Gasteiger partial charge in [-0.1, -0.05) is 82.2 Å². The van der Waals surface area contributed by atoms with E-state index in [1.165, 1.54) is 64.2 Å². The first-order valence-corrected chi connectivity index (χ1v) is 16.0. The number of allylic oxidation sites excluding steroid dienone is 5. The van der Waals surface area contributed by atoms with Gasteiger partial charge in [0.25, 0.3) is 0 Å². The van der Waals surface area contributed by atoms with Gasteiger partial charge in [0.2, 0.25) is 0 Å². The molecule has 26 heavy (non-hydrogen) atoms. The van der Waals surface area contributed by atoms with Crippen LogP contribution in [0.3, 0.4) is 0 Å². The Morgan fingerprint density at radius 2 is 1.65 bits per heavy atom. The van der Waals surface area contributed by atoms with E-state index in [9.17, 15) is 0 Å². The summed E-state index contributed by atoms with van der Waals surface area (Å²) in [7, 11) is 9.87. The monoisotopic (exact) mass is 476 g/mol. The molecule has 0 N–H and O–H groups in total. The molecular weight excluding hydrogens is 438 g/mol. The average Bonchev–Trinajstić information content (AvgIpc) is 3.25. The molecule has 0 aromatic rings. The Kier molecular flexibility index (Phi) is 21.1. The molecule has 0 aliphatic heterocycles. The summed E-state index contributed by atoms with van der Waals surface area (Å²) in [5.74, 6) is 3.63. The molecule has 0 aromatic carbocycles. The molecule has 2 saturated carbocycles. The SMILES string of the molecule is C=CCC1CCC2C=CC=CC21.CCCCC1CCCC1.[CH3-].[CH3-].[Cl][Zr+2][Cl]. The van der Waals surface area contributed by atoms with E-state index in [-0.39, 0.29) is 14.9 Å². The van der Waals surface area contributed by atoms with Gasteiger partial charge >= 0.3 is 37.9 Å². The number of hydrogen-bond donors (Lipinski definition) is 0. The third kappa shape index (κ3) is 11.5. The van der Waals surface area contributed by atoms with Gasteiger partial charge in [-0.25, -0.2) is 0 Å². The van der Waals surface area contributed by atoms with Crippen LogP contribution in [-0.2, 0) is 20.8 Å². The van der Waals surface area contributed by atoms with Crippen molar-refractivity contribution in [3.63, 3.8) is 0 Å². The van der Waals surface area contributed by atoms with Crippen LogP contribution in [0.2, 0.25) is 0 Å². The van der Waals surface area contributed by atoms with Gasteiger partial charge < -0.3 is 14.9 Å². The fourth-order valence-electron chi connectivity index (χ4n) is 4.35. The maximum atomic E-state index is 4.93. The molecule has 3 heteroatoms. The molecule has 150 valence electrons. The second-order valence-corrected chi connectivity index (χ2v) is 11.0. The van der Waals surface area contributed by atoms with E-state index in [4.69, 9.17) is 17.0 Å². The van der Waals surface area contributed by atoms with Crippen molar-refractivity contribution in [2.75, 3.05) is 0 Å². The van der Waals surface area contributed by atoms with Crippen molar-refractivity contribution in [1.82, 2.24) is 0 Å². The van der Waals surface area contributed by atoms with Crippen LogP contribution < -0.4 is 0 Å². The molecule has 3 rings (SSSR count). The molecule has 0 bridgehead atoms. The van der Waals surface area contributed by atoms with Crippen LogP contribution in [0, 0.1) is 38.5 Å². The topological polar surface area (TPSA) is 0 Å². The summed E-state index contributed by atoms with van der Waals surface area (Å²) in [4.78, 5) is 0. The van der Waals surface area contributed by atoms with Crippen molar-refractivity contribution in [1.29, 1.82) is 0 Å². The van der Waals surface area contributed by atoms with Crippen LogP contribution in [-0.4, -0.2) is 0 Å². The number of halogens is 2. The Bertz CT molecular complexity index is 372. The van der Waals surface area contributed by atoms with Gasteiger partial charge in [-0.2, -0.15) is 0 Å². The molecule has 2 fully saturated rings. The zero-order valence-corrected chi connectivity index (χ0v) is 21.2. The summed E-state index contributed by atoms with van der Waals surface area (Å²) >= 11 is -0.826. The van der Waals surface area contributed by atoms with E-state index in [1.54, 1.807) is 0 Å². The van der Waals surface area contributed by atoms with Crippen LogP contribution in [0.1, 0.15) is 71.1 Å². The van der Waals surface area contributed by atoms with Crippen LogP contribution >= 0.6 is 17.0 Å².